The summed E-state index contributed by atoms with van der Waals surface area (Å²) in [4.78, 5) is 14.9. The Morgan fingerprint density at radius 2 is 2.03 bits per heavy atom. The van der Waals surface area contributed by atoms with E-state index in [2.05, 4.69) is 20.1 Å². The van der Waals surface area contributed by atoms with Gasteiger partial charge in [-0.2, -0.15) is 5.10 Å². The molecule has 2 aromatic heterocycles. The van der Waals surface area contributed by atoms with Crippen molar-refractivity contribution >= 4 is 11.7 Å². The predicted octanol–water partition coefficient (Wildman–Crippen LogP) is 2.82. The zero-order valence-corrected chi connectivity index (χ0v) is 16.9. The molecular weight excluding hydrogens is 385 g/mol. The van der Waals surface area contributed by atoms with E-state index in [1.54, 1.807) is 19.1 Å². The first kappa shape index (κ1) is 17.6. The Morgan fingerprint density at radius 1 is 1.17 bits per heavy atom. The molecule has 154 valence electrons. The molecule has 2 bridgehead atoms. The van der Waals surface area contributed by atoms with Gasteiger partial charge in [-0.1, -0.05) is 0 Å². The molecule has 3 aliphatic heterocycles. The Morgan fingerprint density at radius 3 is 2.90 bits per heavy atom. The minimum atomic E-state index is -0.190. The summed E-state index contributed by atoms with van der Waals surface area (Å²) in [6.45, 7) is 5.78. The van der Waals surface area contributed by atoms with E-state index in [4.69, 9.17) is 5.10 Å². The highest BCUT2D eigenvalue weighted by atomic mass is 19.1. The van der Waals surface area contributed by atoms with Gasteiger partial charge in [0.2, 0.25) is 0 Å². The Balaban J connectivity index is 1.46. The molecule has 0 unspecified atom stereocenters. The Bertz CT molecular complexity index is 1210. The number of carbonyl (C=O) groups excluding carboxylic acids is 1. The van der Waals surface area contributed by atoms with Gasteiger partial charge in [-0.15, -0.1) is 10.2 Å². The molecule has 0 aliphatic carbocycles. The van der Waals surface area contributed by atoms with Gasteiger partial charge in [0.1, 0.15) is 17.3 Å². The minimum Gasteiger partial charge on any atom is -0.316 e. The normalized spacial score (nSPS) is 19.6. The lowest BCUT2D eigenvalue weighted by molar-refractivity contribution is 0.174. The second-order valence-corrected chi connectivity index (χ2v) is 8.46. The summed E-state index contributed by atoms with van der Waals surface area (Å²) in [6, 6.07) is 3.14. The van der Waals surface area contributed by atoms with E-state index < -0.39 is 0 Å². The molecule has 0 spiro atoms. The average Bonchev–Trinajstić information content (AvgIpc) is 3.17. The Hall–Kier alpha value is -3.23. The molecule has 6 rings (SSSR count). The zero-order chi connectivity index (χ0) is 20.6. The highest BCUT2D eigenvalue weighted by molar-refractivity contribution is 5.90. The number of nitrogens with zero attached hydrogens (tertiary/aromatic N) is 6. The lowest BCUT2D eigenvalue weighted by Crippen LogP contribution is -2.48. The van der Waals surface area contributed by atoms with Gasteiger partial charge in [0.05, 0.1) is 12.2 Å². The first-order valence-corrected chi connectivity index (χ1v) is 10.3. The third-order valence-corrected chi connectivity index (χ3v) is 6.53. The maximum absolute atomic E-state index is 14.7. The number of amides is 2. The number of aromatic nitrogens is 5. The minimum absolute atomic E-state index is 0.138. The third kappa shape index (κ3) is 2.44. The summed E-state index contributed by atoms with van der Waals surface area (Å²) in [7, 11) is 0. The van der Waals surface area contributed by atoms with Gasteiger partial charge in [0, 0.05) is 36.8 Å². The predicted molar refractivity (Wildman–Crippen MR) is 107 cm³/mol. The van der Waals surface area contributed by atoms with Crippen LogP contribution in [0.25, 0.3) is 11.5 Å². The number of fused-ring (bicyclic) bond motifs is 8. The summed E-state index contributed by atoms with van der Waals surface area (Å²) < 4.78 is 18.9. The number of benzene rings is 1. The van der Waals surface area contributed by atoms with Crippen LogP contribution in [-0.2, 0) is 32.5 Å². The molecule has 30 heavy (non-hydrogen) atoms. The molecule has 0 fully saturated rings. The van der Waals surface area contributed by atoms with Crippen LogP contribution in [0.3, 0.4) is 0 Å². The Labute approximate surface area is 172 Å². The summed E-state index contributed by atoms with van der Waals surface area (Å²) in [6.07, 6.45) is 2.02. The Kier molecular flexibility index (Phi) is 3.60. The van der Waals surface area contributed by atoms with Gasteiger partial charge in [0.25, 0.3) is 0 Å². The smallest absolute Gasteiger partial charge is 0.316 e. The second kappa shape index (κ2) is 6.13. The second-order valence-electron chi connectivity index (χ2n) is 8.46. The highest BCUT2D eigenvalue weighted by Gasteiger charge is 2.37. The molecule has 3 aromatic rings. The first-order chi connectivity index (χ1) is 14.5. The van der Waals surface area contributed by atoms with E-state index in [1.165, 1.54) is 0 Å². The van der Waals surface area contributed by atoms with Crippen molar-refractivity contribution in [1.82, 2.24) is 29.4 Å². The molecule has 5 heterocycles. The maximum atomic E-state index is 14.7. The van der Waals surface area contributed by atoms with E-state index in [0.29, 0.717) is 36.2 Å². The molecule has 1 aromatic carbocycles. The quantitative estimate of drug-likeness (QED) is 0.621. The number of nitrogens with one attached hydrogen (secondary N) is 1. The zero-order valence-electron chi connectivity index (χ0n) is 16.9. The molecule has 0 saturated heterocycles. The first-order valence-electron chi connectivity index (χ1n) is 10.3. The lowest BCUT2D eigenvalue weighted by Gasteiger charge is -2.37. The molecule has 8 nitrogen and oxygen atoms in total. The van der Waals surface area contributed by atoms with Crippen LogP contribution in [0.2, 0.25) is 0 Å². The van der Waals surface area contributed by atoms with Crippen molar-refractivity contribution in [1.29, 1.82) is 0 Å². The number of aryl methyl sites for hydroxylation is 3. The van der Waals surface area contributed by atoms with E-state index in [-0.39, 0.29) is 17.9 Å². The van der Waals surface area contributed by atoms with Crippen LogP contribution in [-0.4, -0.2) is 41.5 Å². The van der Waals surface area contributed by atoms with Crippen LogP contribution in [0.5, 0.6) is 0 Å². The van der Waals surface area contributed by atoms with Crippen LogP contribution in [0.4, 0.5) is 14.9 Å². The van der Waals surface area contributed by atoms with Gasteiger partial charge >= 0.3 is 6.03 Å². The van der Waals surface area contributed by atoms with Gasteiger partial charge < -0.3 is 14.8 Å². The summed E-state index contributed by atoms with van der Waals surface area (Å²) >= 11 is 0. The third-order valence-electron chi connectivity index (χ3n) is 6.53. The summed E-state index contributed by atoms with van der Waals surface area (Å²) in [5.74, 6) is 1.51. The monoisotopic (exact) mass is 407 g/mol. The van der Waals surface area contributed by atoms with E-state index in [9.17, 15) is 9.18 Å². The fourth-order valence-electron chi connectivity index (χ4n) is 5.06. The van der Waals surface area contributed by atoms with Crippen molar-refractivity contribution in [3.63, 3.8) is 0 Å². The van der Waals surface area contributed by atoms with Crippen LogP contribution in [0, 0.1) is 19.7 Å². The maximum Gasteiger partial charge on any atom is 0.322 e. The molecule has 0 saturated carbocycles. The number of anilines is 1. The van der Waals surface area contributed by atoms with Crippen molar-refractivity contribution in [2.75, 3.05) is 5.32 Å². The summed E-state index contributed by atoms with van der Waals surface area (Å²) in [5.41, 5.74) is 4.79. The van der Waals surface area contributed by atoms with E-state index in [1.807, 2.05) is 16.5 Å². The van der Waals surface area contributed by atoms with Crippen molar-refractivity contribution in [3.05, 3.63) is 46.2 Å². The summed E-state index contributed by atoms with van der Waals surface area (Å²) in [5, 5.41) is 16.5. The van der Waals surface area contributed by atoms with Gasteiger partial charge in [0.15, 0.2) is 5.82 Å². The topological polar surface area (TPSA) is 80.9 Å². The van der Waals surface area contributed by atoms with Crippen molar-refractivity contribution in [2.45, 2.75) is 58.8 Å². The highest BCUT2D eigenvalue weighted by Crippen LogP contribution is 2.36. The van der Waals surface area contributed by atoms with Gasteiger partial charge in [-0.25, -0.2) is 9.18 Å². The number of carbonyl (C=O) groups is 1. The number of hydrogen-bond acceptors (Lipinski definition) is 4. The molecule has 1 N–H and O–H groups in total. The number of urea groups is 1. The van der Waals surface area contributed by atoms with Crippen LogP contribution in [0.1, 0.15) is 34.6 Å². The molecule has 0 radical (unpaired) electrons. The fraction of sp³-hybridized carbons (Fsp3) is 0.429. The van der Waals surface area contributed by atoms with E-state index in [0.717, 1.165) is 48.1 Å². The van der Waals surface area contributed by atoms with Gasteiger partial charge in [-0.3, -0.25) is 4.68 Å². The van der Waals surface area contributed by atoms with Crippen LogP contribution >= 0.6 is 0 Å². The standard InChI is InChI=1S/C21H22FN7O/c1-11-6-14-7-13(18(11)22)8-15-9-17-16(10-28(15)21(30)23-14)19-20-25-24-12(2)27(20)4-3-5-29(19)26-17/h6-7,15H,3-5,8-10H2,1-2H3,(H,23,30)/t15-/m1/s1. The molecule has 3 aliphatic rings. The van der Waals surface area contributed by atoms with Crippen LogP contribution in [0.15, 0.2) is 12.1 Å². The van der Waals surface area contributed by atoms with Crippen molar-refractivity contribution in [3.8, 4) is 11.5 Å². The number of rotatable bonds is 0. The fourth-order valence-corrected chi connectivity index (χ4v) is 5.06. The molecule has 2 amide bonds. The van der Waals surface area contributed by atoms with E-state index >= 15 is 0 Å². The van der Waals surface area contributed by atoms with Gasteiger partial charge in [-0.05, 0) is 49.9 Å². The van der Waals surface area contributed by atoms with Crippen molar-refractivity contribution < 1.29 is 9.18 Å². The van der Waals surface area contributed by atoms with Crippen LogP contribution < -0.4 is 5.32 Å². The lowest BCUT2D eigenvalue weighted by atomic mass is 9.92. The molecular formula is C21H22FN7O. The molecule has 1 atom stereocenters. The number of hydrogen-bond donors (Lipinski definition) is 1. The van der Waals surface area contributed by atoms with Crippen molar-refractivity contribution in [2.24, 2.45) is 0 Å². The average molecular weight is 407 g/mol. The molecule has 9 heteroatoms. The SMILES string of the molecule is Cc1cc2cc(c1F)C[C@@H]1Cc3nn4c(c3CN1C(=O)N2)-c1nnc(C)n1CCC4. The number of halogens is 1. The largest absolute Gasteiger partial charge is 0.322 e.